The van der Waals surface area contributed by atoms with Crippen molar-refractivity contribution in [3.8, 4) is 0 Å². The van der Waals surface area contributed by atoms with Crippen molar-refractivity contribution in [2.75, 3.05) is 0 Å². The zero-order valence-corrected chi connectivity index (χ0v) is 5.90. The van der Waals surface area contributed by atoms with E-state index in [4.69, 9.17) is 11.6 Å². The first-order valence-electron chi connectivity index (χ1n) is 2.76. The SMILES string of the molecule is CC1=CC=C(C(=O)Cl)C1. The molecule has 0 amide bonds. The first-order valence-corrected chi connectivity index (χ1v) is 3.14. The number of allylic oxidation sites excluding steroid dienone is 4. The predicted octanol–water partition coefficient (Wildman–Crippen LogP) is 2.03. The van der Waals surface area contributed by atoms with Crippen LogP contribution in [0.15, 0.2) is 23.3 Å². The number of carbonyl (C=O) groups excluding carboxylic acids is 1. The van der Waals surface area contributed by atoms with Crippen molar-refractivity contribution in [1.82, 2.24) is 0 Å². The van der Waals surface area contributed by atoms with E-state index in [2.05, 4.69) is 0 Å². The van der Waals surface area contributed by atoms with Crippen molar-refractivity contribution in [1.29, 1.82) is 0 Å². The standard InChI is InChI=1S/C7H7ClO/c1-5-2-3-6(4-5)7(8)9/h2-3H,4H2,1H3. The van der Waals surface area contributed by atoms with Gasteiger partial charge in [0, 0.05) is 5.57 Å². The Morgan fingerprint density at radius 3 is 2.56 bits per heavy atom. The summed E-state index contributed by atoms with van der Waals surface area (Å²) in [6.45, 7) is 1.98. The molecule has 0 radical (unpaired) electrons. The van der Waals surface area contributed by atoms with E-state index in [-0.39, 0.29) is 5.24 Å². The Labute approximate surface area is 59.0 Å². The van der Waals surface area contributed by atoms with Crippen LogP contribution in [0.4, 0.5) is 0 Å². The Hall–Kier alpha value is -0.560. The maximum absolute atomic E-state index is 10.5. The molecule has 1 rings (SSSR count). The minimum atomic E-state index is -0.330. The third-order valence-corrected chi connectivity index (χ3v) is 1.53. The number of rotatable bonds is 1. The summed E-state index contributed by atoms with van der Waals surface area (Å²) in [6, 6.07) is 0. The highest BCUT2D eigenvalue weighted by Gasteiger charge is 2.09. The second-order valence-corrected chi connectivity index (χ2v) is 2.50. The quantitative estimate of drug-likeness (QED) is 0.512. The van der Waals surface area contributed by atoms with Gasteiger partial charge in [0.1, 0.15) is 0 Å². The van der Waals surface area contributed by atoms with Crippen molar-refractivity contribution in [2.24, 2.45) is 0 Å². The molecule has 0 fully saturated rings. The van der Waals surface area contributed by atoms with Crippen LogP contribution in [0.3, 0.4) is 0 Å². The molecule has 1 aliphatic rings. The van der Waals surface area contributed by atoms with E-state index in [0.29, 0.717) is 5.57 Å². The smallest absolute Gasteiger partial charge is 0.248 e. The molecule has 0 bridgehead atoms. The lowest BCUT2D eigenvalue weighted by Gasteiger charge is -1.91. The van der Waals surface area contributed by atoms with Gasteiger partial charge < -0.3 is 0 Å². The summed E-state index contributed by atoms with van der Waals surface area (Å²) in [7, 11) is 0. The van der Waals surface area contributed by atoms with E-state index in [0.717, 1.165) is 6.42 Å². The third-order valence-electron chi connectivity index (χ3n) is 1.29. The van der Waals surface area contributed by atoms with Gasteiger partial charge in [-0.05, 0) is 24.9 Å². The maximum atomic E-state index is 10.5. The summed E-state index contributed by atoms with van der Waals surface area (Å²) < 4.78 is 0. The minimum Gasteiger partial charge on any atom is -0.276 e. The van der Waals surface area contributed by atoms with E-state index in [1.54, 1.807) is 6.08 Å². The first-order chi connectivity index (χ1) is 4.20. The van der Waals surface area contributed by atoms with Crippen molar-refractivity contribution in [2.45, 2.75) is 13.3 Å². The number of hydrogen-bond acceptors (Lipinski definition) is 1. The normalized spacial score (nSPS) is 17.1. The van der Waals surface area contributed by atoms with Gasteiger partial charge in [-0.1, -0.05) is 17.7 Å². The van der Waals surface area contributed by atoms with Gasteiger partial charge in [0.25, 0.3) is 0 Å². The van der Waals surface area contributed by atoms with Crippen molar-refractivity contribution in [3.63, 3.8) is 0 Å². The van der Waals surface area contributed by atoms with Gasteiger partial charge in [-0.15, -0.1) is 0 Å². The van der Waals surface area contributed by atoms with Crippen LogP contribution in [0.25, 0.3) is 0 Å². The fourth-order valence-electron chi connectivity index (χ4n) is 0.796. The van der Waals surface area contributed by atoms with Gasteiger partial charge in [-0.3, -0.25) is 4.79 Å². The largest absolute Gasteiger partial charge is 0.276 e. The van der Waals surface area contributed by atoms with Crippen molar-refractivity contribution in [3.05, 3.63) is 23.3 Å². The summed E-state index contributed by atoms with van der Waals surface area (Å²) in [5, 5.41) is -0.330. The highest BCUT2D eigenvalue weighted by atomic mass is 35.5. The summed E-state index contributed by atoms with van der Waals surface area (Å²) in [5.41, 5.74) is 1.90. The van der Waals surface area contributed by atoms with Crippen LogP contribution in [0.5, 0.6) is 0 Å². The minimum absolute atomic E-state index is 0.330. The number of hydrogen-bond donors (Lipinski definition) is 0. The molecule has 48 valence electrons. The Bertz CT molecular complexity index is 201. The summed E-state index contributed by atoms with van der Waals surface area (Å²) >= 11 is 5.21. The topological polar surface area (TPSA) is 17.1 Å². The summed E-state index contributed by atoms with van der Waals surface area (Å²) in [5.74, 6) is 0. The lowest BCUT2D eigenvalue weighted by molar-refractivity contribution is -0.108. The summed E-state index contributed by atoms with van der Waals surface area (Å²) in [6.07, 6.45) is 4.41. The van der Waals surface area contributed by atoms with Crippen LogP contribution >= 0.6 is 11.6 Å². The molecule has 1 aliphatic carbocycles. The molecule has 0 unspecified atom stereocenters. The highest BCUT2D eigenvalue weighted by Crippen LogP contribution is 2.19. The van der Waals surface area contributed by atoms with Crippen molar-refractivity contribution < 1.29 is 4.79 Å². The molecule has 9 heavy (non-hydrogen) atoms. The second-order valence-electron chi connectivity index (χ2n) is 2.16. The summed E-state index contributed by atoms with van der Waals surface area (Å²) in [4.78, 5) is 10.5. The highest BCUT2D eigenvalue weighted by molar-refractivity contribution is 6.67. The first kappa shape index (κ1) is 6.56. The predicted molar refractivity (Wildman–Crippen MR) is 37.3 cm³/mol. The molecule has 0 saturated carbocycles. The molecule has 0 N–H and O–H groups in total. The zero-order valence-electron chi connectivity index (χ0n) is 5.15. The number of halogens is 1. The van der Waals surface area contributed by atoms with Gasteiger partial charge in [-0.25, -0.2) is 0 Å². The molecule has 0 heterocycles. The van der Waals surface area contributed by atoms with Crippen LogP contribution in [0.1, 0.15) is 13.3 Å². The average Bonchev–Trinajstić information content (AvgIpc) is 2.14. The molecular formula is C7H7ClO. The van der Waals surface area contributed by atoms with Gasteiger partial charge in [0.05, 0.1) is 0 Å². The Morgan fingerprint density at radius 2 is 2.33 bits per heavy atom. The fourth-order valence-corrected chi connectivity index (χ4v) is 0.926. The molecule has 0 aliphatic heterocycles. The Kier molecular flexibility index (Phi) is 1.72. The van der Waals surface area contributed by atoms with Crippen LogP contribution in [0.2, 0.25) is 0 Å². The van der Waals surface area contributed by atoms with E-state index in [1.165, 1.54) is 5.57 Å². The molecule has 0 aromatic carbocycles. The molecule has 0 atom stereocenters. The maximum Gasteiger partial charge on any atom is 0.248 e. The zero-order chi connectivity index (χ0) is 6.85. The van der Waals surface area contributed by atoms with Gasteiger partial charge in [-0.2, -0.15) is 0 Å². The van der Waals surface area contributed by atoms with Gasteiger partial charge >= 0.3 is 0 Å². The van der Waals surface area contributed by atoms with E-state index < -0.39 is 0 Å². The molecule has 2 heteroatoms. The van der Waals surface area contributed by atoms with Crippen molar-refractivity contribution >= 4 is 16.8 Å². The second kappa shape index (κ2) is 2.36. The van der Waals surface area contributed by atoms with Crippen LogP contribution in [-0.2, 0) is 4.79 Å². The molecule has 0 saturated heterocycles. The van der Waals surface area contributed by atoms with Crippen LogP contribution in [-0.4, -0.2) is 5.24 Å². The number of carbonyl (C=O) groups is 1. The molecule has 0 aromatic heterocycles. The van der Waals surface area contributed by atoms with E-state index >= 15 is 0 Å². The molecule has 0 aromatic rings. The molecule has 0 spiro atoms. The molecular weight excluding hydrogens is 136 g/mol. The lowest BCUT2D eigenvalue weighted by Crippen LogP contribution is -1.89. The third kappa shape index (κ3) is 1.42. The molecule has 1 nitrogen and oxygen atoms in total. The van der Waals surface area contributed by atoms with Gasteiger partial charge in [0.15, 0.2) is 0 Å². The van der Waals surface area contributed by atoms with Crippen LogP contribution in [0, 0.1) is 0 Å². The van der Waals surface area contributed by atoms with E-state index in [1.807, 2.05) is 13.0 Å². The lowest BCUT2D eigenvalue weighted by atomic mass is 10.2. The Balaban J connectivity index is 2.64. The van der Waals surface area contributed by atoms with Crippen LogP contribution < -0.4 is 0 Å². The van der Waals surface area contributed by atoms with E-state index in [9.17, 15) is 4.79 Å². The monoisotopic (exact) mass is 142 g/mol. The fraction of sp³-hybridized carbons (Fsp3) is 0.286. The average molecular weight is 143 g/mol. The van der Waals surface area contributed by atoms with Gasteiger partial charge in [0.2, 0.25) is 5.24 Å². The Morgan fingerprint density at radius 1 is 1.67 bits per heavy atom.